The van der Waals surface area contributed by atoms with Gasteiger partial charge >= 0.3 is 0 Å². The molecule has 24 heavy (non-hydrogen) atoms. The van der Waals surface area contributed by atoms with Crippen molar-refractivity contribution in [2.24, 2.45) is 0 Å². The molecule has 0 bridgehead atoms. The quantitative estimate of drug-likeness (QED) is 0.764. The number of rotatable bonds is 3. The van der Waals surface area contributed by atoms with Crippen molar-refractivity contribution in [3.8, 4) is 10.4 Å². The molecule has 0 saturated carbocycles. The van der Waals surface area contributed by atoms with E-state index in [2.05, 4.69) is 18.0 Å². The maximum absolute atomic E-state index is 12.4. The minimum Gasteiger partial charge on any atom is -0.338 e. The van der Waals surface area contributed by atoms with Gasteiger partial charge in [-0.05, 0) is 44.3 Å². The summed E-state index contributed by atoms with van der Waals surface area (Å²) < 4.78 is 0. The number of nitrogens with zero attached hydrogens (tertiary/aromatic N) is 2. The van der Waals surface area contributed by atoms with Crippen molar-refractivity contribution in [3.05, 3.63) is 52.4 Å². The second kappa shape index (κ2) is 7.97. The number of hydrogen-bond donors (Lipinski definition) is 0. The molecule has 1 amide bonds. The zero-order chi connectivity index (χ0) is 16.9. The van der Waals surface area contributed by atoms with Gasteiger partial charge in [-0.2, -0.15) is 0 Å². The van der Waals surface area contributed by atoms with Crippen LogP contribution in [0, 0.1) is 0 Å². The average Bonchev–Trinajstić information content (AvgIpc) is 2.94. The van der Waals surface area contributed by atoms with Crippen LogP contribution in [0.2, 0.25) is 5.02 Å². The van der Waals surface area contributed by atoms with E-state index in [1.165, 1.54) is 0 Å². The molecule has 0 radical (unpaired) electrons. The number of carbonyl (C=O) groups is 1. The zero-order valence-electron chi connectivity index (χ0n) is 13.7. The summed E-state index contributed by atoms with van der Waals surface area (Å²) in [5, 5.41) is 0.750. The van der Waals surface area contributed by atoms with E-state index < -0.39 is 0 Å². The molecule has 1 saturated heterocycles. The monoisotopic (exact) mass is 360 g/mol. The molecular weight excluding hydrogens is 340 g/mol. The van der Waals surface area contributed by atoms with Gasteiger partial charge in [-0.15, -0.1) is 11.3 Å². The van der Waals surface area contributed by atoms with Gasteiger partial charge in [0.15, 0.2) is 0 Å². The van der Waals surface area contributed by atoms with Gasteiger partial charge in [0, 0.05) is 46.1 Å². The lowest BCUT2D eigenvalue weighted by molar-refractivity contribution is -0.125. The molecule has 1 aliphatic heterocycles. The molecule has 5 heteroatoms. The number of hydrogen-bond acceptors (Lipinski definition) is 3. The Balaban J connectivity index is 1.67. The molecule has 1 fully saturated rings. The first-order valence-electron chi connectivity index (χ1n) is 8.14. The third-order valence-electron chi connectivity index (χ3n) is 4.19. The molecule has 0 aliphatic carbocycles. The van der Waals surface area contributed by atoms with Crippen molar-refractivity contribution in [3.63, 3.8) is 0 Å². The normalized spacial score (nSPS) is 16.5. The van der Waals surface area contributed by atoms with Crippen LogP contribution in [0.25, 0.3) is 16.5 Å². The number of likely N-dealkylation sites (N-methyl/N-ethyl adjacent to an activating group) is 1. The van der Waals surface area contributed by atoms with E-state index in [-0.39, 0.29) is 5.91 Å². The summed E-state index contributed by atoms with van der Waals surface area (Å²) in [5.41, 5.74) is 1.03. The van der Waals surface area contributed by atoms with Crippen molar-refractivity contribution in [2.75, 3.05) is 33.2 Å². The van der Waals surface area contributed by atoms with Crippen LogP contribution in [0.15, 0.2) is 42.5 Å². The molecule has 3 rings (SSSR count). The van der Waals surface area contributed by atoms with E-state index in [0.717, 1.165) is 52.9 Å². The Bertz CT molecular complexity index is 740. The Hall–Kier alpha value is -1.62. The van der Waals surface area contributed by atoms with Gasteiger partial charge in [-0.1, -0.05) is 29.8 Å². The molecule has 0 unspecified atom stereocenters. The molecule has 2 aromatic rings. The van der Waals surface area contributed by atoms with Gasteiger partial charge in [0.25, 0.3) is 0 Å². The first-order valence-corrected chi connectivity index (χ1v) is 9.33. The minimum absolute atomic E-state index is 0.0954. The predicted molar refractivity (Wildman–Crippen MR) is 102 cm³/mol. The van der Waals surface area contributed by atoms with E-state index in [4.69, 9.17) is 11.6 Å². The number of amides is 1. The molecule has 126 valence electrons. The Morgan fingerprint density at radius 2 is 1.96 bits per heavy atom. The molecule has 2 heterocycles. The fourth-order valence-electron chi connectivity index (χ4n) is 2.77. The van der Waals surface area contributed by atoms with Gasteiger partial charge in [0.1, 0.15) is 0 Å². The number of benzene rings is 1. The Labute approximate surface area is 152 Å². The Morgan fingerprint density at radius 1 is 1.12 bits per heavy atom. The molecule has 0 spiro atoms. The van der Waals surface area contributed by atoms with Crippen LogP contribution < -0.4 is 0 Å². The first-order chi connectivity index (χ1) is 11.6. The third-order valence-corrected chi connectivity index (χ3v) is 5.60. The molecule has 0 N–H and O–H groups in total. The predicted octanol–water partition coefficient (Wildman–Crippen LogP) is 4.25. The van der Waals surface area contributed by atoms with E-state index >= 15 is 0 Å². The van der Waals surface area contributed by atoms with Gasteiger partial charge in [-0.3, -0.25) is 4.79 Å². The van der Waals surface area contributed by atoms with Crippen molar-refractivity contribution < 1.29 is 4.79 Å². The first kappa shape index (κ1) is 17.2. The standard InChI is InChI=1S/C19H21ClN2OS/c1-21-11-4-12-22(14-13-21)19(23)10-8-15-7-9-18(24-15)16-5-2-3-6-17(16)20/h2-3,5-10H,4,11-14H2,1H3/b10-8+. The summed E-state index contributed by atoms with van der Waals surface area (Å²) in [7, 11) is 2.10. The Morgan fingerprint density at radius 3 is 2.79 bits per heavy atom. The van der Waals surface area contributed by atoms with Gasteiger partial charge in [0.05, 0.1) is 0 Å². The summed E-state index contributed by atoms with van der Waals surface area (Å²) in [4.78, 5) is 18.7. The highest BCUT2D eigenvalue weighted by molar-refractivity contribution is 7.16. The van der Waals surface area contributed by atoms with Gasteiger partial charge < -0.3 is 9.80 Å². The molecule has 1 aliphatic rings. The van der Waals surface area contributed by atoms with Crippen LogP contribution in [0.1, 0.15) is 11.3 Å². The van der Waals surface area contributed by atoms with Crippen LogP contribution >= 0.6 is 22.9 Å². The van der Waals surface area contributed by atoms with Crippen LogP contribution in [-0.2, 0) is 4.79 Å². The molecule has 1 aromatic carbocycles. The fourth-order valence-corrected chi connectivity index (χ4v) is 4.02. The summed E-state index contributed by atoms with van der Waals surface area (Å²) in [5.74, 6) is 0.0954. The second-order valence-corrected chi connectivity index (χ2v) is 7.52. The van der Waals surface area contributed by atoms with Crippen LogP contribution in [-0.4, -0.2) is 48.9 Å². The number of halogens is 1. The highest BCUT2D eigenvalue weighted by atomic mass is 35.5. The maximum Gasteiger partial charge on any atom is 0.246 e. The topological polar surface area (TPSA) is 23.6 Å². The SMILES string of the molecule is CN1CCCN(C(=O)/C=C/c2ccc(-c3ccccc3Cl)s2)CC1. The van der Waals surface area contributed by atoms with Crippen molar-refractivity contribution in [1.82, 2.24) is 9.80 Å². The molecule has 1 aromatic heterocycles. The van der Waals surface area contributed by atoms with Crippen LogP contribution in [0.3, 0.4) is 0 Å². The summed E-state index contributed by atoms with van der Waals surface area (Å²) in [6, 6.07) is 11.9. The smallest absolute Gasteiger partial charge is 0.246 e. The highest BCUT2D eigenvalue weighted by Gasteiger charge is 2.15. The van der Waals surface area contributed by atoms with E-state index in [1.807, 2.05) is 41.3 Å². The highest BCUT2D eigenvalue weighted by Crippen LogP contribution is 2.33. The molecule has 0 atom stereocenters. The van der Waals surface area contributed by atoms with Crippen molar-refractivity contribution in [1.29, 1.82) is 0 Å². The average molecular weight is 361 g/mol. The van der Waals surface area contributed by atoms with Crippen LogP contribution in [0.4, 0.5) is 0 Å². The maximum atomic E-state index is 12.4. The summed E-state index contributed by atoms with van der Waals surface area (Å²) >= 11 is 7.89. The minimum atomic E-state index is 0.0954. The Kier molecular flexibility index (Phi) is 5.72. The van der Waals surface area contributed by atoms with E-state index in [0.29, 0.717) is 0 Å². The van der Waals surface area contributed by atoms with Crippen LogP contribution in [0.5, 0.6) is 0 Å². The van der Waals surface area contributed by atoms with Gasteiger partial charge in [-0.25, -0.2) is 0 Å². The van der Waals surface area contributed by atoms with E-state index in [1.54, 1.807) is 17.4 Å². The lowest BCUT2D eigenvalue weighted by Crippen LogP contribution is -2.33. The molecular formula is C19H21ClN2OS. The van der Waals surface area contributed by atoms with Crippen molar-refractivity contribution >= 4 is 34.9 Å². The third kappa shape index (κ3) is 4.26. The van der Waals surface area contributed by atoms with Crippen molar-refractivity contribution in [2.45, 2.75) is 6.42 Å². The zero-order valence-corrected chi connectivity index (χ0v) is 15.3. The largest absolute Gasteiger partial charge is 0.338 e. The number of carbonyl (C=O) groups excluding carboxylic acids is 1. The second-order valence-electron chi connectivity index (χ2n) is 6.00. The van der Waals surface area contributed by atoms with E-state index in [9.17, 15) is 4.79 Å². The van der Waals surface area contributed by atoms with Gasteiger partial charge in [0.2, 0.25) is 5.91 Å². The summed E-state index contributed by atoms with van der Waals surface area (Å²) in [6.07, 6.45) is 4.63. The molecule has 3 nitrogen and oxygen atoms in total. The summed E-state index contributed by atoms with van der Waals surface area (Å²) in [6.45, 7) is 3.63. The lowest BCUT2D eigenvalue weighted by Gasteiger charge is -2.18. The lowest BCUT2D eigenvalue weighted by atomic mass is 10.2. The number of thiophene rings is 1. The fraction of sp³-hybridized carbons (Fsp3) is 0.316.